The molecule has 3 rings (SSSR count). The average Bonchev–Trinajstić information content (AvgIpc) is 3.05. The Hall–Kier alpha value is -1.88. The molecule has 2 heterocycles. The van der Waals surface area contributed by atoms with Crippen LogP contribution in [-0.4, -0.2) is 41.2 Å². The van der Waals surface area contributed by atoms with Gasteiger partial charge in [0.25, 0.3) is 0 Å². The molecule has 1 saturated heterocycles. The summed E-state index contributed by atoms with van der Waals surface area (Å²) < 4.78 is 5.44. The smallest absolute Gasteiger partial charge is 0.243 e. The number of hydrogen-bond acceptors (Lipinski definition) is 5. The van der Waals surface area contributed by atoms with Crippen molar-refractivity contribution in [3.8, 4) is 0 Å². The predicted molar refractivity (Wildman–Crippen MR) is 87.0 cm³/mol. The Kier molecular flexibility index (Phi) is 4.43. The molecular weight excluding hydrogens is 276 g/mol. The molecule has 1 aliphatic heterocycles. The van der Waals surface area contributed by atoms with Crippen molar-refractivity contribution in [2.24, 2.45) is 0 Å². The van der Waals surface area contributed by atoms with Crippen molar-refractivity contribution in [1.29, 1.82) is 0 Å². The third kappa shape index (κ3) is 3.14. The van der Waals surface area contributed by atoms with Crippen molar-refractivity contribution in [1.82, 2.24) is 15.0 Å². The molecule has 1 fully saturated rings. The van der Waals surface area contributed by atoms with Crippen LogP contribution in [0.1, 0.15) is 44.4 Å². The first-order valence-corrected chi connectivity index (χ1v) is 8.02. The minimum absolute atomic E-state index is 0.179. The first-order valence-electron chi connectivity index (χ1n) is 8.02. The maximum absolute atomic E-state index is 5.44. The lowest BCUT2D eigenvalue weighted by Gasteiger charge is -2.38. The van der Waals surface area contributed by atoms with Gasteiger partial charge in [0.2, 0.25) is 5.89 Å². The van der Waals surface area contributed by atoms with Gasteiger partial charge >= 0.3 is 0 Å². The van der Waals surface area contributed by atoms with Gasteiger partial charge in [-0.2, -0.15) is 4.98 Å². The lowest BCUT2D eigenvalue weighted by atomic mass is 10.2. The monoisotopic (exact) mass is 300 g/mol. The molecular formula is C17H24N4O. The van der Waals surface area contributed by atoms with Gasteiger partial charge in [-0.15, -0.1) is 0 Å². The number of benzene rings is 1. The van der Waals surface area contributed by atoms with Crippen LogP contribution < -0.4 is 4.90 Å². The van der Waals surface area contributed by atoms with E-state index in [0.717, 1.165) is 37.9 Å². The minimum atomic E-state index is 0.179. The van der Waals surface area contributed by atoms with Crippen molar-refractivity contribution in [2.75, 3.05) is 31.1 Å². The van der Waals surface area contributed by atoms with Crippen molar-refractivity contribution in [2.45, 2.75) is 32.7 Å². The molecule has 118 valence electrons. The number of nitrogens with zero attached hydrogens (tertiary/aromatic N) is 4. The van der Waals surface area contributed by atoms with Crippen LogP contribution in [0, 0.1) is 0 Å². The molecule has 0 radical (unpaired) electrons. The van der Waals surface area contributed by atoms with Crippen LogP contribution in [0.3, 0.4) is 0 Å². The Labute approximate surface area is 131 Å². The zero-order chi connectivity index (χ0) is 15.5. The number of hydrogen-bond donors (Lipinski definition) is 0. The Morgan fingerprint density at radius 2 is 1.68 bits per heavy atom. The molecule has 0 spiro atoms. The Balaban J connectivity index is 1.60. The molecule has 1 aromatic carbocycles. The number of para-hydroxylation sites is 1. The summed E-state index contributed by atoms with van der Waals surface area (Å²) in [4.78, 5) is 9.37. The van der Waals surface area contributed by atoms with E-state index in [1.807, 2.05) is 0 Å². The van der Waals surface area contributed by atoms with Crippen molar-refractivity contribution in [3.63, 3.8) is 0 Å². The Bertz CT molecular complexity index is 588. The van der Waals surface area contributed by atoms with Crippen molar-refractivity contribution in [3.05, 3.63) is 42.0 Å². The minimum Gasteiger partial charge on any atom is -0.369 e. The summed E-state index contributed by atoms with van der Waals surface area (Å²) in [5.74, 6) is 1.83. The second-order valence-electron chi connectivity index (χ2n) is 6.18. The molecule has 0 unspecified atom stereocenters. The van der Waals surface area contributed by atoms with Gasteiger partial charge in [-0.05, 0) is 19.1 Å². The largest absolute Gasteiger partial charge is 0.369 e. The van der Waals surface area contributed by atoms with E-state index in [9.17, 15) is 0 Å². The highest BCUT2D eigenvalue weighted by atomic mass is 16.5. The molecule has 0 aliphatic carbocycles. The standard InChI is InChI=1S/C17H24N4O/c1-13(2)16-18-17(22-19-16)14(3)20-9-11-21(12-10-20)15-7-5-4-6-8-15/h4-8,13-14H,9-12H2,1-3H3/t14-/m0/s1. The summed E-state index contributed by atoms with van der Waals surface area (Å²) in [6.45, 7) is 10.4. The summed E-state index contributed by atoms with van der Waals surface area (Å²) in [6.07, 6.45) is 0. The maximum atomic E-state index is 5.44. The normalized spacial score (nSPS) is 17.9. The predicted octanol–water partition coefficient (Wildman–Crippen LogP) is 3.08. The molecule has 1 atom stereocenters. The zero-order valence-electron chi connectivity index (χ0n) is 13.6. The van der Waals surface area contributed by atoms with Crippen LogP contribution in [0.4, 0.5) is 5.69 Å². The van der Waals surface area contributed by atoms with Crippen LogP contribution >= 0.6 is 0 Å². The molecule has 1 aromatic heterocycles. The zero-order valence-corrected chi connectivity index (χ0v) is 13.6. The second kappa shape index (κ2) is 6.48. The number of anilines is 1. The molecule has 1 aliphatic rings. The Morgan fingerprint density at radius 3 is 2.27 bits per heavy atom. The fraction of sp³-hybridized carbons (Fsp3) is 0.529. The number of rotatable bonds is 4. The highest BCUT2D eigenvalue weighted by Gasteiger charge is 2.26. The lowest BCUT2D eigenvalue weighted by molar-refractivity contribution is 0.164. The maximum Gasteiger partial charge on any atom is 0.243 e. The molecule has 0 N–H and O–H groups in total. The summed E-state index contributed by atoms with van der Waals surface area (Å²) in [5, 5.41) is 4.07. The van der Waals surface area contributed by atoms with Gasteiger partial charge in [0.05, 0.1) is 6.04 Å². The van der Waals surface area contributed by atoms with E-state index >= 15 is 0 Å². The molecule has 5 heteroatoms. The highest BCUT2D eigenvalue weighted by molar-refractivity contribution is 5.46. The van der Waals surface area contributed by atoms with E-state index in [1.165, 1.54) is 5.69 Å². The molecule has 2 aromatic rings. The van der Waals surface area contributed by atoms with Crippen molar-refractivity contribution < 1.29 is 4.52 Å². The molecule has 5 nitrogen and oxygen atoms in total. The van der Waals surface area contributed by atoms with Gasteiger partial charge in [0.15, 0.2) is 5.82 Å². The summed E-state index contributed by atoms with van der Waals surface area (Å²) in [6, 6.07) is 10.8. The summed E-state index contributed by atoms with van der Waals surface area (Å²) in [5.41, 5.74) is 1.30. The van der Waals surface area contributed by atoms with Crippen LogP contribution in [-0.2, 0) is 0 Å². The van der Waals surface area contributed by atoms with Gasteiger partial charge in [0, 0.05) is 37.8 Å². The van der Waals surface area contributed by atoms with E-state index in [0.29, 0.717) is 5.92 Å². The first kappa shape index (κ1) is 15.0. The van der Waals surface area contributed by atoms with E-state index in [2.05, 4.69) is 71.0 Å². The highest BCUT2D eigenvalue weighted by Crippen LogP contribution is 2.23. The fourth-order valence-corrected chi connectivity index (χ4v) is 2.81. The Morgan fingerprint density at radius 1 is 1.00 bits per heavy atom. The molecule has 0 amide bonds. The van der Waals surface area contributed by atoms with Gasteiger partial charge < -0.3 is 9.42 Å². The van der Waals surface area contributed by atoms with E-state index < -0.39 is 0 Å². The second-order valence-corrected chi connectivity index (χ2v) is 6.18. The summed E-state index contributed by atoms with van der Waals surface area (Å²) >= 11 is 0. The third-order valence-electron chi connectivity index (χ3n) is 4.31. The van der Waals surface area contributed by atoms with Gasteiger partial charge in [0.1, 0.15) is 0 Å². The molecule has 22 heavy (non-hydrogen) atoms. The van der Waals surface area contributed by atoms with Gasteiger partial charge in [-0.25, -0.2) is 0 Å². The molecule has 0 bridgehead atoms. The van der Waals surface area contributed by atoms with E-state index in [1.54, 1.807) is 0 Å². The SMILES string of the molecule is CC(C)c1noc([C@H](C)N2CCN(c3ccccc3)CC2)n1. The topological polar surface area (TPSA) is 45.4 Å². The third-order valence-corrected chi connectivity index (χ3v) is 4.31. The number of aromatic nitrogens is 2. The quantitative estimate of drug-likeness (QED) is 0.868. The average molecular weight is 300 g/mol. The first-order chi connectivity index (χ1) is 10.6. The van der Waals surface area contributed by atoms with Crippen LogP contribution in [0.15, 0.2) is 34.9 Å². The van der Waals surface area contributed by atoms with Gasteiger partial charge in [-0.3, -0.25) is 4.90 Å². The van der Waals surface area contributed by atoms with Crippen LogP contribution in [0.25, 0.3) is 0 Å². The van der Waals surface area contributed by atoms with E-state index in [4.69, 9.17) is 4.52 Å². The molecule has 0 saturated carbocycles. The lowest BCUT2D eigenvalue weighted by Crippen LogP contribution is -2.47. The number of piperazine rings is 1. The van der Waals surface area contributed by atoms with Crippen LogP contribution in [0.2, 0.25) is 0 Å². The fourth-order valence-electron chi connectivity index (χ4n) is 2.81. The van der Waals surface area contributed by atoms with E-state index in [-0.39, 0.29) is 6.04 Å². The van der Waals surface area contributed by atoms with Crippen molar-refractivity contribution >= 4 is 5.69 Å². The van der Waals surface area contributed by atoms with Gasteiger partial charge in [-0.1, -0.05) is 37.2 Å². The summed E-state index contributed by atoms with van der Waals surface area (Å²) in [7, 11) is 0. The van der Waals surface area contributed by atoms with Crippen LogP contribution in [0.5, 0.6) is 0 Å².